The molecule has 2 aromatic rings. The Hall–Kier alpha value is -2.77. The number of rotatable bonds is 4. The van der Waals surface area contributed by atoms with Gasteiger partial charge in [-0.3, -0.25) is 9.59 Å². The smallest absolute Gasteiger partial charge is 0.366 e. The number of benzene rings is 1. The molecule has 128 valence electrons. The van der Waals surface area contributed by atoms with Gasteiger partial charge in [0.25, 0.3) is 5.91 Å². The SMILES string of the molecule is Cc1cc(C(=O)Nc2cccc(C(N)=O)c2)c(C)n1CC(F)(F)F. The molecule has 2 amide bonds. The molecule has 2 rings (SSSR count). The van der Waals surface area contributed by atoms with Crippen LogP contribution in [0.5, 0.6) is 0 Å². The lowest BCUT2D eigenvalue weighted by Crippen LogP contribution is -2.20. The Morgan fingerprint density at radius 3 is 2.46 bits per heavy atom. The molecule has 0 aliphatic carbocycles. The average Bonchev–Trinajstić information content (AvgIpc) is 2.74. The van der Waals surface area contributed by atoms with Crippen LogP contribution in [0.3, 0.4) is 0 Å². The van der Waals surface area contributed by atoms with Gasteiger partial charge in [0, 0.05) is 22.6 Å². The molecule has 1 aromatic heterocycles. The molecule has 24 heavy (non-hydrogen) atoms. The van der Waals surface area contributed by atoms with Crippen LogP contribution in [-0.4, -0.2) is 22.6 Å². The average molecular weight is 339 g/mol. The second-order valence-corrected chi connectivity index (χ2v) is 5.39. The first-order valence-corrected chi connectivity index (χ1v) is 7.03. The quantitative estimate of drug-likeness (QED) is 0.898. The van der Waals surface area contributed by atoms with Crippen molar-refractivity contribution in [2.75, 3.05) is 5.32 Å². The zero-order valence-corrected chi connectivity index (χ0v) is 13.1. The van der Waals surface area contributed by atoms with Gasteiger partial charge in [0.05, 0.1) is 5.56 Å². The third-order valence-electron chi connectivity index (χ3n) is 3.56. The van der Waals surface area contributed by atoms with Crippen LogP contribution in [0.2, 0.25) is 0 Å². The van der Waals surface area contributed by atoms with E-state index in [0.29, 0.717) is 11.4 Å². The van der Waals surface area contributed by atoms with Crippen molar-refractivity contribution >= 4 is 17.5 Å². The third-order valence-corrected chi connectivity index (χ3v) is 3.56. The minimum Gasteiger partial charge on any atom is -0.366 e. The van der Waals surface area contributed by atoms with Crippen LogP contribution >= 0.6 is 0 Å². The first-order chi connectivity index (χ1) is 11.1. The number of halogens is 3. The van der Waals surface area contributed by atoms with Crippen molar-refractivity contribution in [2.24, 2.45) is 5.73 Å². The maximum absolute atomic E-state index is 12.6. The number of amides is 2. The van der Waals surface area contributed by atoms with E-state index >= 15 is 0 Å². The van der Waals surface area contributed by atoms with Crippen molar-refractivity contribution in [1.29, 1.82) is 0 Å². The summed E-state index contributed by atoms with van der Waals surface area (Å²) in [6.07, 6.45) is -4.38. The van der Waals surface area contributed by atoms with E-state index in [1.807, 2.05) is 0 Å². The molecule has 0 unspecified atom stereocenters. The minimum absolute atomic E-state index is 0.140. The highest BCUT2D eigenvalue weighted by molar-refractivity contribution is 6.06. The maximum Gasteiger partial charge on any atom is 0.406 e. The lowest BCUT2D eigenvalue weighted by molar-refractivity contribution is -0.141. The van der Waals surface area contributed by atoms with E-state index in [0.717, 1.165) is 4.57 Å². The fourth-order valence-electron chi connectivity index (χ4n) is 2.40. The molecule has 0 radical (unpaired) electrons. The first-order valence-electron chi connectivity index (χ1n) is 7.03. The summed E-state index contributed by atoms with van der Waals surface area (Å²) in [6.45, 7) is 1.80. The normalized spacial score (nSPS) is 11.4. The number of hydrogen-bond acceptors (Lipinski definition) is 2. The number of nitrogens with one attached hydrogen (secondary N) is 1. The fourth-order valence-corrected chi connectivity index (χ4v) is 2.40. The summed E-state index contributed by atoms with van der Waals surface area (Å²) >= 11 is 0. The Morgan fingerprint density at radius 1 is 1.21 bits per heavy atom. The van der Waals surface area contributed by atoms with Crippen molar-refractivity contribution in [3.63, 3.8) is 0 Å². The summed E-state index contributed by atoms with van der Waals surface area (Å²) < 4.78 is 38.9. The molecular formula is C16H16F3N3O2. The predicted octanol–water partition coefficient (Wildman–Crippen LogP) is 3.02. The minimum atomic E-state index is -4.38. The van der Waals surface area contributed by atoms with Crippen molar-refractivity contribution < 1.29 is 22.8 Å². The summed E-state index contributed by atoms with van der Waals surface area (Å²) in [4.78, 5) is 23.5. The van der Waals surface area contributed by atoms with Gasteiger partial charge in [0.2, 0.25) is 5.91 Å². The van der Waals surface area contributed by atoms with E-state index in [-0.39, 0.29) is 16.8 Å². The van der Waals surface area contributed by atoms with Gasteiger partial charge in [-0.1, -0.05) is 6.07 Å². The molecule has 8 heteroatoms. The molecule has 0 aliphatic rings. The molecular weight excluding hydrogens is 323 g/mol. The Bertz CT molecular complexity index is 794. The van der Waals surface area contributed by atoms with Gasteiger partial charge in [0.15, 0.2) is 0 Å². The Morgan fingerprint density at radius 2 is 1.88 bits per heavy atom. The van der Waals surface area contributed by atoms with E-state index in [4.69, 9.17) is 5.73 Å². The molecule has 0 atom stereocenters. The van der Waals surface area contributed by atoms with Crippen LogP contribution in [0.15, 0.2) is 30.3 Å². The molecule has 0 fully saturated rings. The van der Waals surface area contributed by atoms with Gasteiger partial charge in [-0.2, -0.15) is 13.2 Å². The van der Waals surface area contributed by atoms with E-state index in [9.17, 15) is 22.8 Å². The number of hydrogen-bond donors (Lipinski definition) is 2. The van der Waals surface area contributed by atoms with Gasteiger partial charge in [-0.15, -0.1) is 0 Å². The van der Waals surface area contributed by atoms with Gasteiger partial charge in [-0.05, 0) is 38.1 Å². The highest BCUT2D eigenvalue weighted by atomic mass is 19.4. The highest BCUT2D eigenvalue weighted by Gasteiger charge is 2.30. The van der Waals surface area contributed by atoms with Crippen molar-refractivity contribution in [2.45, 2.75) is 26.6 Å². The Labute approximate surface area is 136 Å². The van der Waals surface area contributed by atoms with Crippen LogP contribution in [0.1, 0.15) is 32.1 Å². The molecule has 1 heterocycles. The van der Waals surface area contributed by atoms with Crippen LogP contribution in [0, 0.1) is 13.8 Å². The molecule has 0 aliphatic heterocycles. The lowest BCUT2D eigenvalue weighted by Gasteiger charge is -2.12. The standard InChI is InChI=1S/C16H16F3N3O2/c1-9-6-13(10(2)22(9)8-16(17,18)19)15(24)21-12-5-3-4-11(7-12)14(20)23/h3-7H,8H2,1-2H3,(H2,20,23)(H,21,24). The van der Waals surface area contributed by atoms with Crippen LogP contribution in [0.4, 0.5) is 18.9 Å². The van der Waals surface area contributed by atoms with E-state index < -0.39 is 24.5 Å². The number of nitrogens with two attached hydrogens (primary N) is 1. The number of primary amides is 1. The molecule has 0 bridgehead atoms. The summed E-state index contributed by atoms with van der Waals surface area (Å²) in [5.74, 6) is -1.20. The van der Waals surface area contributed by atoms with Gasteiger partial charge in [0.1, 0.15) is 6.54 Å². The summed E-state index contributed by atoms with van der Waals surface area (Å²) in [5, 5.41) is 2.56. The third kappa shape index (κ3) is 3.95. The summed E-state index contributed by atoms with van der Waals surface area (Å²) in [6, 6.07) is 7.39. The monoisotopic (exact) mass is 339 g/mol. The predicted molar refractivity (Wildman–Crippen MR) is 82.9 cm³/mol. The van der Waals surface area contributed by atoms with Gasteiger partial charge in [-0.25, -0.2) is 0 Å². The van der Waals surface area contributed by atoms with Crippen molar-refractivity contribution in [1.82, 2.24) is 4.57 Å². The van der Waals surface area contributed by atoms with Crippen molar-refractivity contribution in [3.05, 3.63) is 52.8 Å². The summed E-state index contributed by atoms with van der Waals surface area (Å²) in [7, 11) is 0. The fraction of sp³-hybridized carbons (Fsp3) is 0.250. The van der Waals surface area contributed by atoms with Crippen LogP contribution in [-0.2, 0) is 6.54 Å². The number of aryl methyl sites for hydroxylation is 1. The molecule has 5 nitrogen and oxygen atoms in total. The first kappa shape index (κ1) is 17.6. The zero-order chi connectivity index (χ0) is 18.1. The Kier molecular flexibility index (Phi) is 4.68. The number of aromatic nitrogens is 1. The number of alkyl halides is 3. The molecule has 1 aromatic carbocycles. The van der Waals surface area contributed by atoms with E-state index in [2.05, 4.69) is 5.32 Å². The second-order valence-electron chi connectivity index (χ2n) is 5.39. The van der Waals surface area contributed by atoms with Crippen molar-refractivity contribution in [3.8, 4) is 0 Å². The highest BCUT2D eigenvalue weighted by Crippen LogP contribution is 2.24. The topological polar surface area (TPSA) is 77.1 Å². The molecule has 3 N–H and O–H groups in total. The van der Waals surface area contributed by atoms with Gasteiger partial charge >= 0.3 is 6.18 Å². The van der Waals surface area contributed by atoms with E-state index in [1.54, 1.807) is 12.1 Å². The number of carbonyl (C=O) groups is 2. The van der Waals surface area contributed by atoms with Crippen LogP contribution in [0.25, 0.3) is 0 Å². The second kappa shape index (κ2) is 6.38. The molecule has 0 spiro atoms. The molecule has 0 saturated heterocycles. The van der Waals surface area contributed by atoms with E-state index in [1.165, 1.54) is 32.0 Å². The molecule has 0 saturated carbocycles. The number of carbonyl (C=O) groups excluding carboxylic acids is 2. The van der Waals surface area contributed by atoms with Crippen LogP contribution < -0.4 is 11.1 Å². The van der Waals surface area contributed by atoms with Gasteiger partial charge < -0.3 is 15.6 Å². The summed E-state index contributed by atoms with van der Waals surface area (Å²) in [5.41, 5.74) is 6.41. The zero-order valence-electron chi connectivity index (χ0n) is 13.1. The number of nitrogens with zero attached hydrogens (tertiary/aromatic N) is 1. The maximum atomic E-state index is 12.6. The number of anilines is 1. The largest absolute Gasteiger partial charge is 0.406 e. The Balaban J connectivity index is 2.26. The lowest BCUT2D eigenvalue weighted by atomic mass is 10.1.